The largest absolute Gasteiger partial charge is 0.103 e. The molecule has 5 fully saturated rings. The predicted octanol–water partition coefficient (Wildman–Crippen LogP) is 6.22. The average molecular weight is 299 g/mol. The summed E-state index contributed by atoms with van der Waals surface area (Å²) in [4.78, 5) is 0. The minimum absolute atomic E-state index is 0.599. The predicted molar refractivity (Wildman–Crippen MR) is 92.5 cm³/mol. The Morgan fingerprint density at radius 3 is 2.59 bits per heavy atom. The molecule has 1 spiro atoms. The van der Waals surface area contributed by atoms with Gasteiger partial charge in [0.1, 0.15) is 0 Å². The van der Waals surface area contributed by atoms with E-state index in [1.807, 2.05) is 0 Å². The Morgan fingerprint density at radius 1 is 0.909 bits per heavy atom. The molecule has 5 saturated carbocycles. The molecule has 122 valence electrons. The second-order valence-corrected chi connectivity index (χ2v) is 10.2. The summed E-state index contributed by atoms with van der Waals surface area (Å²) in [6, 6.07) is 0. The van der Waals surface area contributed by atoms with E-state index in [1.54, 1.807) is 32.1 Å². The van der Waals surface area contributed by atoms with Crippen LogP contribution in [0.1, 0.15) is 78.1 Å². The Hall–Kier alpha value is -0.260. The average Bonchev–Trinajstić information content (AvgIpc) is 3.13. The minimum atomic E-state index is 0.599. The van der Waals surface area contributed by atoms with Crippen molar-refractivity contribution in [3.05, 3.63) is 12.7 Å². The van der Waals surface area contributed by atoms with E-state index in [0.717, 1.165) is 35.0 Å². The molecule has 0 heteroatoms. The van der Waals surface area contributed by atoms with Crippen LogP contribution in [0.15, 0.2) is 12.7 Å². The topological polar surface area (TPSA) is 0 Å². The summed E-state index contributed by atoms with van der Waals surface area (Å²) in [7, 11) is 0. The van der Waals surface area contributed by atoms with Gasteiger partial charge in [0.2, 0.25) is 0 Å². The molecule has 0 radical (unpaired) electrons. The minimum Gasteiger partial charge on any atom is -0.103 e. The second kappa shape index (κ2) is 4.22. The van der Waals surface area contributed by atoms with Gasteiger partial charge in [-0.25, -0.2) is 0 Å². The highest BCUT2D eigenvalue weighted by molar-refractivity contribution is 5.21. The van der Waals surface area contributed by atoms with Crippen LogP contribution in [0.3, 0.4) is 0 Å². The van der Waals surface area contributed by atoms with Crippen LogP contribution in [0.5, 0.6) is 0 Å². The maximum Gasteiger partial charge on any atom is -0.0179 e. The Morgan fingerprint density at radius 2 is 1.77 bits per heavy atom. The highest BCUT2D eigenvalue weighted by Gasteiger charge is 2.71. The van der Waals surface area contributed by atoms with Gasteiger partial charge in [0.25, 0.3) is 0 Å². The zero-order valence-electron chi connectivity index (χ0n) is 14.7. The van der Waals surface area contributed by atoms with Crippen LogP contribution in [0.25, 0.3) is 0 Å². The van der Waals surface area contributed by atoms with Crippen molar-refractivity contribution in [2.75, 3.05) is 0 Å². The van der Waals surface area contributed by atoms with E-state index >= 15 is 0 Å². The van der Waals surface area contributed by atoms with Crippen LogP contribution in [0.2, 0.25) is 0 Å². The summed E-state index contributed by atoms with van der Waals surface area (Å²) in [5.74, 6) is 5.07. The van der Waals surface area contributed by atoms with Gasteiger partial charge in [0.05, 0.1) is 0 Å². The molecule has 22 heavy (non-hydrogen) atoms. The first kappa shape index (κ1) is 14.1. The summed E-state index contributed by atoms with van der Waals surface area (Å²) in [6.45, 7) is 9.55. The lowest BCUT2D eigenvalue weighted by Gasteiger charge is -2.61. The molecular weight excluding hydrogens is 264 g/mol. The standard InChI is InChI=1S/C22H34/c1-4-15-7-8-18-17-9-13-22-14-16(22)6-5-11-21(22,3)19(17)10-12-20(15,18)2/h4,15-19H,1,5-14H2,2-3H3/t15-,16?,17-,18-,19-,20+,21+,22?/m0/s1. The molecule has 0 N–H and O–H groups in total. The van der Waals surface area contributed by atoms with Gasteiger partial charge in [-0.2, -0.15) is 0 Å². The third-order valence-electron chi connectivity index (χ3n) is 10.2. The van der Waals surface area contributed by atoms with Crippen molar-refractivity contribution in [2.45, 2.75) is 78.1 Å². The Labute approximate surface area is 137 Å². The number of hydrogen-bond acceptors (Lipinski definition) is 0. The Kier molecular flexibility index (Phi) is 2.71. The van der Waals surface area contributed by atoms with Gasteiger partial charge in [0, 0.05) is 0 Å². The lowest BCUT2D eigenvalue weighted by Crippen LogP contribution is -2.53. The quantitative estimate of drug-likeness (QED) is 0.504. The smallest absolute Gasteiger partial charge is 0.0179 e. The van der Waals surface area contributed by atoms with Gasteiger partial charge in [-0.05, 0) is 104 Å². The molecule has 0 aromatic rings. The fourth-order valence-electron chi connectivity index (χ4n) is 8.90. The molecule has 0 aromatic heterocycles. The van der Waals surface area contributed by atoms with Crippen LogP contribution in [-0.4, -0.2) is 0 Å². The summed E-state index contributed by atoms with van der Waals surface area (Å²) >= 11 is 0. The summed E-state index contributed by atoms with van der Waals surface area (Å²) in [5.41, 5.74) is 2.13. The monoisotopic (exact) mass is 298 g/mol. The summed E-state index contributed by atoms with van der Waals surface area (Å²) < 4.78 is 0. The van der Waals surface area contributed by atoms with E-state index in [9.17, 15) is 0 Å². The van der Waals surface area contributed by atoms with Crippen LogP contribution in [0.4, 0.5) is 0 Å². The van der Waals surface area contributed by atoms with Gasteiger partial charge in [-0.1, -0.05) is 26.3 Å². The maximum atomic E-state index is 4.18. The van der Waals surface area contributed by atoms with Crippen LogP contribution < -0.4 is 0 Å². The molecular formula is C22H34. The number of allylic oxidation sites excluding steroid dienone is 1. The lowest BCUT2D eigenvalue weighted by molar-refractivity contribution is -0.119. The molecule has 0 heterocycles. The molecule has 0 saturated heterocycles. The normalized spacial score (nSPS) is 62.4. The van der Waals surface area contributed by atoms with Crippen molar-refractivity contribution in [1.82, 2.24) is 0 Å². The van der Waals surface area contributed by atoms with Crippen molar-refractivity contribution in [3.63, 3.8) is 0 Å². The molecule has 0 amide bonds. The molecule has 0 bridgehead atoms. The van der Waals surface area contributed by atoms with Gasteiger partial charge in [-0.15, -0.1) is 6.58 Å². The fraction of sp³-hybridized carbons (Fsp3) is 0.909. The second-order valence-electron chi connectivity index (χ2n) is 10.2. The molecule has 5 aliphatic carbocycles. The maximum absolute atomic E-state index is 4.18. The van der Waals surface area contributed by atoms with Gasteiger partial charge in [0.15, 0.2) is 0 Å². The third-order valence-corrected chi connectivity index (χ3v) is 10.2. The van der Waals surface area contributed by atoms with E-state index in [-0.39, 0.29) is 0 Å². The summed E-state index contributed by atoms with van der Waals surface area (Å²) in [6.07, 6.45) is 17.7. The zero-order chi connectivity index (χ0) is 15.2. The first-order chi connectivity index (χ1) is 10.6. The van der Waals surface area contributed by atoms with Crippen LogP contribution in [-0.2, 0) is 0 Å². The Bertz CT molecular complexity index is 506. The van der Waals surface area contributed by atoms with Crippen LogP contribution in [0, 0.1) is 45.8 Å². The first-order valence-corrected chi connectivity index (χ1v) is 10.2. The molecule has 5 aliphatic rings. The van der Waals surface area contributed by atoms with Crippen molar-refractivity contribution < 1.29 is 0 Å². The molecule has 5 rings (SSSR count). The van der Waals surface area contributed by atoms with E-state index in [0.29, 0.717) is 10.8 Å². The van der Waals surface area contributed by atoms with Gasteiger partial charge >= 0.3 is 0 Å². The number of hydrogen-bond donors (Lipinski definition) is 0. The molecule has 0 nitrogen and oxygen atoms in total. The van der Waals surface area contributed by atoms with E-state index < -0.39 is 0 Å². The van der Waals surface area contributed by atoms with Crippen molar-refractivity contribution in [3.8, 4) is 0 Å². The highest BCUT2D eigenvalue weighted by Crippen LogP contribution is 2.79. The number of rotatable bonds is 1. The SMILES string of the molecule is C=C[C@H]1CC[C@H]2[C@@H]3CCC45CC4CCC[C@]5(C)[C@H]3CC[C@]12C. The molecule has 2 unspecified atom stereocenters. The molecule has 8 atom stereocenters. The number of fused-ring (bicyclic) bond motifs is 4. The Balaban J connectivity index is 1.50. The third kappa shape index (κ3) is 1.43. The fourth-order valence-corrected chi connectivity index (χ4v) is 8.90. The first-order valence-electron chi connectivity index (χ1n) is 10.2. The zero-order valence-corrected chi connectivity index (χ0v) is 14.7. The van der Waals surface area contributed by atoms with E-state index in [1.165, 1.54) is 32.1 Å². The van der Waals surface area contributed by atoms with Gasteiger partial charge < -0.3 is 0 Å². The van der Waals surface area contributed by atoms with Crippen molar-refractivity contribution in [2.24, 2.45) is 45.8 Å². The van der Waals surface area contributed by atoms with E-state index in [2.05, 4.69) is 26.5 Å². The molecule has 0 aliphatic heterocycles. The highest BCUT2D eigenvalue weighted by atomic mass is 14.8. The molecule has 0 aromatic carbocycles. The van der Waals surface area contributed by atoms with Crippen molar-refractivity contribution >= 4 is 0 Å². The van der Waals surface area contributed by atoms with Crippen molar-refractivity contribution in [1.29, 1.82) is 0 Å². The summed E-state index contributed by atoms with van der Waals surface area (Å²) in [5, 5.41) is 0. The lowest BCUT2D eigenvalue weighted by atomic mass is 9.44. The van der Waals surface area contributed by atoms with Crippen LogP contribution >= 0.6 is 0 Å². The van der Waals surface area contributed by atoms with E-state index in [4.69, 9.17) is 0 Å². The van der Waals surface area contributed by atoms with Gasteiger partial charge in [-0.3, -0.25) is 0 Å².